The van der Waals surface area contributed by atoms with Gasteiger partial charge < -0.3 is 9.84 Å². The predicted molar refractivity (Wildman–Crippen MR) is 57.8 cm³/mol. The standard InChI is InChI=1S/C11H17NO3/c1-3-5-9(4-2)11(10(13)14)8-15-7-6-12-11/h3-5,12H,6-8H2,1-2H3,(H,13,14)/b5-3-,9-4+. The molecule has 0 bridgehead atoms. The fourth-order valence-electron chi connectivity index (χ4n) is 1.72. The highest BCUT2D eigenvalue weighted by Crippen LogP contribution is 2.22. The molecule has 4 heteroatoms. The fourth-order valence-corrected chi connectivity index (χ4v) is 1.72. The first-order valence-electron chi connectivity index (χ1n) is 5.03. The number of carboxylic acids is 1. The molecule has 0 radical (unpaired) electrons. The average molecular weight is 211 g/mol. The van der Waals surface area contributed by atoms with Gasteiger partial charge in [0.05, 0.1) is 13.2 Å². The Morgan fingerprint density at radius 1 is 1.53 bits per heavy atom. The lowest BCUT2D eigenvalue weighted by Gasteiger charge is -2.35. The third kappa shape index (κ3) is 2.27. The van der Waals surface area contributed by atoms with E-state index in [2.05, 4.69) is 5.32 Å². The normalized spacial score (nSPS) is 28.3. The summed E-state index contributed by atoms with van der Waals surface area (Å²) in [5, 5.41) is 12.3. The molecule has 84 valence electrons. The zero-order valence-electron chi connectivity index (χ0n) is 9.12. The summed E-state index contributed by atoms with van der Waals surface area (Å²) in [5.41, 5.74) is -0.350. The van der Waals surface area contributed by atoms with Gasteiger partial charge in [-0.25, -0.2) is 4.79 Å². The second-order valence-corrected chi connectivity index (χ2v) is 3.43. The van der Waals surface area contributed by atoms with Gasteiger partial charge >= 0.3 is 5.97 Å². The number of carboxylic acid groups (broad SMARTS) is 1. The second-order valence-electron chi connectivity index (χ2n) is 3.43. The first-order chi connectivity index (χ1) is 7.17. The fraction of sp³-hybridized carbons (Fsp3) is 0.545. The Hall–Kier alpha value is -1.13. The van der Waals surface area contributed by atoms with Crippen molar-refractivity contribution >= 4 is 5.97 Å². The first-order valence-corrected chi connectivity index (χ1v) is 5.03. The van der Waals surface area contributed by atoms with Gasteiger partial charge in [-0.05, 0) is 19.4 Å². The molecular weight excluding hydrogens is 194 g/mol. The van der Waals surface area contributed by atoms with Gasteiger partial charge in [0.15, 0.2) is 5.54 Å². The van der Waals surface area contributed by atoms with Gasteiger partial charge in [0.2, 0.25) is 0 Å². The monoisotopic (exact) mass is 211 g/mol. The lowest BCUT2D eigenvalue weighted by atomic mass is 9.88. The Balaban J connectivity index is 3.03. The van der Waals surface area contributed by atoms with E-state index in [1.165, 1.54) is 0 Å². The number of carbonyl (C=O) groups is 1. The lowest BCUT2D eigenvalue weighted by molar-refractivity contribution is -0.147. The third-order valence-corrected chi connectivity index (χ3v) is 2.51. The molecule has 0 aromatic heterocycles. The maximum atomic E-state index is 11.3. The van der Waals surface area contributed by atoms with Crippen LogP contribution >= 0.6 is 0 Å². The minimum atomic E-state index is -1.08. The van der Waals surface area contributed by atoms with Gasteiger partial charge in [0.25, 0.3) is 0 Å². The zero-order chi connectivity index (χ0) is 11.3. The summed E-state index contributed by atoms with van der Waals surface area (Å²) in [5.74, 6) is -0.895. The molecule has 1 fully saturated rings. The molecule has 1 atom stereocenters. The molecule has 4 nitrogen and oxygen atoms in total. The number of allylic oxidation sites excluding steroid dienone is 2. The summed E-state index contributed by atoms with van der Waals surface area (Å²) < 4.78 is 5.26. The van der Waals surface area contributed by atoms with Crippen molar-refractivity contribution in [1.29, 1.82) is 0 Å². The van der Waals surface area contributed by atoms with Gasteiger partial charge in [-0.2, -0.15) is 0 Å². The first kappa shape index (κ1) is 11.9. The zero-order valence-corrected chi connectivity index (χ0v) is 9.12. The van der Waals surface area contributed by atoms with Crippen LogP contribution in [0.25, 0.3) is 0 Å². The van der Waals surface area contributed by atoms with Crippen molar-refractivity contribution in [3.05, 3.63) is 23.8 Å². The van der Waals surface area contributed by atoms with Crippen LogP contribution in [-0.4, -0.2) is 36.4 Å². The Labute approximate surface area is 89.6 Å². The number of nitrogens with one attached hydrogen (secondary N) is 1. The predicted octanol–water partition coefficient (Wildman–Crippen LogP) is 0.952. The SMILES string of the molecule is C/C=C\C(=C/C)C1(C(=O)O)COCCN1. The highest BCUT2D eigenvalue weighted by atomic mass is 16.5. The van der Waals surface area contributed by atoms with Gasteiger partial charge in [-0.15, -0.1) is 0 Å². The summed E-state index contributed by atoms with van der Waals surface area (Å²) in [6.45, 7) is 4.98. The van der Waals surface area contributed by atoms with Crippen LogP contribution in [0, 0.1) is 0 Å². The molecule has 1 aliphatic rings. The van der Waals surface area contributed by atoms with E-state index in [1.807, 2.05) is 19.9 Å². The minimum Gasteiger partial charge on any atom is -0.480 e. The molecule has 1 aliphatic heterocycles. The third-order valence-electron chi connectivity index (χ3n) is 2.51. The van der Waals surface area contributed by atoms with Crippen LogP contribution in [0.5, 0.6) is 0 Å². The summed E-state index contributed by atoms with van der Waals surface area (Å²) in [7, 11) is 0. The Morgan fingerprint density at radius 3 is 2.67 bits per heavy atom. The largest absolute Gasteiger partial charge is 0.480 e. The molecule has 2 N–H and O–H groups in total. The van der Waals surface area contributed by atoms with E-state index >= 15 is 0 Å². The molecule has 1 heterocycles. The molecule has 0 aliphatic carbocycles. The molecule has 0 aromatic carbocycles. The van der Waals surface area contributed by atoms with Crippen LogP contribution in [0.1, 0.15) is 13.8 Å². The van der Waals surface area contributed by atoms with Gasteiger partial charge in [0.1, 0.15) is 0 Å². The Kier molecular flexibility index (Phi) is 4.05. The quantitative estimate of drug-likeness (QED) is 0.682. The van der Waals surface area contributed by atoms with Crippen LogP contribution < -0.4 is 5.32 Å². The smallest absolute Gasteiger partial charge is 0.330 e. The van der Waals surface area contributed by atoms with E-state index in [9.17, 15) is 9.90 Å². The van der Waals surface area contributed by atoms with Crippen LogP contribution in [-0.2, 0) is 9.53 Å². The molecule has 1 unspecified atom stereocenters. The molecule has 1 saturated heterocycles. The van der Waals surface area contributed by atoms with E-state index < -0.39 is 11.5 Å². The highest BCUT2D eigenvalue weighted by molar-refractivity contribution is 5.84. The van der Waals surface area contributed by atoms with Crippen LogP contribution in [0.2, 0.25) is 0 Å². The summed E-state index contributed by atoms with van der Waals surface area (Å²) in [6, 6.07) is 0. The molecule has 0 saturated carbocycles. The van der Waals surface area contributed by atoms with Crippen LogP contribution in [0.4, 0.5) is 0 Å². The average Bonchev–Trinajstić information content (AvgIpc) is 2.26. The van der Waals surface area contributed by atoms with E-state index in [0.29, 0.717) is 13.2 Å². The van der Waals surface area contributed by atoms with Crippen molar-refractivity contribution < 1.29 is 14.6 Å². The van der Waals surface area contributed by atoms with Gasteiger partial charge in [0, 0.05) is 6.54 Å². The summed E-state index contributed by atoms with van der Waals surface area (Å²) in [4.78, 5) is 11.3. The summed E-state index contributed by atoms with van der Waals surface area (Å²) >= 11 is 0. The second kappa shape index (κ2) is 5.09. The topological polar surface area (TPSA) is 58.6 Å². The van der Waals surface area contributed by atoms with E-state index in [0.717, 1.165) is 5.57 Å². The van der Waals surface area contributed by atoms with E-state index in [-0.39, 0.29) is 6.61 Å². The van der Waals surface area contributed by atoms with Crippen LogP contribution in [0.3, 0.4) is 0 Å². The number of hydrogen-bond donors (Lipinski definition) is 2. The number of morpholine rings is 1. The molecule has 0 spiro atoms. The minimum absolute atomic E-state index is 0.173. The van der Waals surface area contributed by atoms with Crippen molar-refractivity contribution in [1.82, 2.24) is 5.32 Å². The van der Waals surface area contributed by atoms with Crippen molar-refractivity contribution in [2.24, 2.45) is 0 Å². The number of hydrogen-bond acceptors (Lipinski definition) is 3. The Morgan fingerprint density at radius 2 is 2.27 bits per heavy atom. The van der Waals surface area contributed by atoms with Gasteiger partial charge in [-0.3, -0.25) is 5.32 Å². The molecule has 0 aromatic rings. The molecule has 15 heavy (non-hydrogen) atoms. The van der Waals surface area contributed by atoms with Crippen molar-refractivity contribution in [2.45, 2.75) is 19.4 Å². The molecular formula is C11H17NO3. The highest BCUT2D eigenvalue weighted by Gasteiger charge is 2.42. The maximum absolute atomic E-state index is 11.3. The van der Waals surface area contributed by atoms with Crippen molar-refractivity contribution in [2.75, 3.05) is 19.8 Å². The van der Waals surface area contributed by atoms with Crippen LogP contribution in [0.15, 0.2) is 23.8 Å². The van der Waals surface area contributed by atoms with Crippen molar-refractivity contribution in [3.63, 3.8) is 0 Å². The van der Waals surface area contributed by atoms with E-state index in [1.54, 1.807) is 12.2 Å². The van der Waals surface area contributed by atoms with Crippen molar-refractivity contribution in [3.8, 4) is 0 Å². The number of ether oxygens (including phenoxy) is 1. The summed E-state index contributed by atoms with van der Waals surface area (Å²) in [6.07, 6.45) is 5.43. The Bertz CT molecular complexity index is 288. The van der Waals surface area contributed by atoms with E-state index in [4.69, 9.17) is 4.74 Å². The van der Waals surface area contributed by atoms with Gasteiger partial charge in [-0.1, -0.05) is 18.2 Å². The lowest BCUT2D eigenvalue weighted by Crippen LogP contribution is -2.60. The molecule has 0 amide bonds. The maximum Gasteiger partial charge on any atom is 0.330 e. The number of rotatable bonds is 3. The molecule has 1 rings (SSSR count). The number of aliphatic carboxylic acids is 1.